The van der Waals surface area contributed by atoms with Gasteiger partial charge < -0.3 is 5.11 Å². The van der Waals surface area contributed by atoms with Gasteiger partial charge in [-0.2, -0.15) is 13.5 Å². The molecule has 0 aliphatic heterocycles. The average Bonchev–Trinajstić information content (AvgIpc) is 2.45. The maximum Gasteiger partial charge on any atom is 0.341 e. The predicted molar refractivity (Wildman–Crippen MR) is 80.8 cm³/mol. The number of carboxylic acids is 1. The van der Waals surface area contributed by atoms with Crippen molar-refractivity contribution in [1.29, 1.82) is 0 Å². The summed E-state index contributed by atoms with van der Waals surface area (Å²) >= 11 is 0. The molecule has 0 saturated carbocycles. The maximum atomic E-state index is 12.7. The SMILES string of the molecule is CC(C)CC(NS(=O)(=O)c1ccccc1S(=O)(=O)C(F)F)C(=O)O. The lowest BCUT2D eigenvalue weighted by molar-refractivity contribution is -0.139. The third-order valence-electron chi connectivity index (χ3n) is 2.98. The van der Waals surface area contributed by atoms with Crippen LogP contribution in [0.15, 0.2) is 34.1 Å². The molecule has 136 valence electrons. The number of aliphatic carboxylic acids is 1. The summed E-state index contributed by atoms with van der Waals surface area (Å²) in [5, 5.41) is 9.08. The molecular weight excluding hydrogens is 368 g/mol. The summed E-state index contributed by atoms with van der Waals surface area (Å²) in [5.41, 5.74) is 0. The van der Waals surface area contributed by atoms with E-state index in [0.29, 0.717) is 0 Å². The van der Waals surface area contributed by atoms with Gasteiger partial charge in [0.25, 0.3) is 0 Å². The van der Waals surface area contributed by atoms with Crippen LogP contribution in [0.2, 0.25) is 0 Å². The lowest BCUT2D eigenvalue weighted by Crippen LogP contribution is -2.42. The minimum Gasteiger partial charge on any atom is -0.480 e. The highest BCUT2D eigenvalue weighted by atomic mass is 32.2. The zero-order chi connectivity index (χ0) is 18.7. The summed E-state index contributed by atoms with van der Waals surface area (Å²) in [6, 6.07) is 2.28. The molecule has 1 aromatic carbocycles. The Kier molecular flexibility index (Phi) is 6.42. The second-order valence-corrected chi connectivity index (χ2v) is 8.96. The van der Waals surface area contributed by atoms with Crippen molar-refractivity contribution in [3.63, 3.8) is 0 Å². The van der Waals surface area contributed by atoms with Crippen LogP contribution in [0.25, 0.3) is 0 Å². The van der Waals surface area contributed by atoms with Crippen LogP contribution in [0, 0.1) is 5.92 Å². The Hall–Kier alpha value is -1.59. The van der Waals surface area contributed by atoms with Crippen LogP contribution in [0.5, 0.6) is 0 Å². The fourth-order valence-electron chi connectivity index (χ4n) is 1.92. The monoisotopic (exact) mass is 385 g/mol. The van der Waals surface area contributed by atoms with Gasteiger partial charge in [-0.15, -0.1) is 0 Å². The van der Waals surface area contributed by atoms with Crippen LogP contribution in [0.1, 0.15) is 20.3 Å². The molecule has 24 heavy (non-hydrogen) atoms. The van der Waals surface area contributed by atoms with Crippen molar-refractivity contribution in [3.05, 3.63) is 24.3 Å². The Morgan fingerprint density at radius 1 is 1.12 bits per heavy atom. The Bertz CT molecular complexity index is 806. The molecule has 1 atom stereocenters. The second-order valence-electron chi connectivity index (χ2n) is 5.39. The molecule has 2 N–H and O–H groups in total. The number of sulfone groups is 1. The van der Waals surface area contributed by atoms with Crippen molar-refractivity contribution in [2.45, 2.75) is 41.9 Å². The van der Waals surface area contributed by atoms with Crippen molar-refractivity contribution in [2.75, 3.05) is 0 Å². The maximum absolute atomic E-state index is 12.7. The number of benzene rings is 1. The Balaban J connectivity index is 3.37. The lowest BCUT2D eigenvalue weighted by atomic mass is 10.1. The fourth-order valence-corrected chi connectivity index (χ4v) is 4.70. The largest absolute Gasteiger partial charge is 0.480 e. The number of rotatable bonds is 8. The van der Waals surface area contributed by atoms with Gasteiger partial charge in [0.2, 0.25) is 19.9 Å². The Labute approximate surface area is 138 Å². The summed E-state index contributed by atoms with van der Waals surface area (Å²) in [5.74, 6) is -5.44. The van der Waals surface area contributed by atoms with E-state index >= 15 is 0 Å². The van der Waals surface area contributed by atoms with Crippen LogP contribution >= 0.6 is 0 Å². The zero-order valence-corrected chi connectivity index (χ0v) is 14.4. The first-order chi connectivity index (χ1) is 10.9. The summed E-state index contributed by atoms with van der Waals surface area (Å²) in [6.07, 6.45) is -0.0572. The van der Waals surface area contributed by atoms with Gasteiger partial charge in [0.05, 0.1) is 4.90 Å². The van der Waals surface area contributed by atoms with Crippen LogP contribution in [-0.4, -0.2) is 39.7 Å². The molecule has 0 aromatic heterocycles. The molecular formula is C13H17F2NO6S2. The van der Waals surface area contributed by atoms with Gasteiger partial charge in [-0.25, -0.2) is 16.8 Å². The molecule has 11 heteroatoms. The molecule has 0 amide bonds. The second kappa shape index (κ2) is 7.53. The first kappa shape index (κ1) is 20.5. The molecule has 0 aliphatic carbocycles. The van der Waals surface area contributed by atoms with Crippen molar-refractivity contribution >= 4 is 25.8 Å². The van der Waals surface area contributed by atoms with E-state index in [1.165, 1.54) is 0 Å². The van der Waals surface area contributed by atoms with Gasteiger partial charge in [0, 0.05) is 0 Å². The van der Waals surface area contributed by atoms with E-state index in [0.717, 1.165) is 24.3 Å². The smallest absolute Gasteiger partial charge is 0.341 e. The molecule has 1 unspecified atom stereocenters. The third-order valence-corrected chi connectivity index (χ3v) is 6.08. The normalized spacial score (nSPS) is 14.1. The number of carbonyl (C=O) groups is 1. The fraction of sp³-hybridized carbons (Fsp3) is 0.462. The van der Waals surface area contributed by atoms with Gasteiger partial charge in [0.1, 0.15) is 10.9 Å². The van der Waals surface area contributed by atoms with Gasteiger partial charge in [-0.05, 0) is 24.5 Å². The molecule has 0 saturated heterocycles. The van der Waals surface area contributed by atoms with Gasteiger partial charge >= 0.3 is 11.7 Å². The van der Waals surface area contributed by atoms with Crippen LogP contribution in [0.3, 0.4) is 0 Å². The summed E-state index contributed by atoms with van der Waals surface area (Å²) in [7, 11) is -9.81. The number of alkyl halides is 2. The minimum atomic E-state index is -5.17. The molecule has 1 rings (SSSR count). The third kappa shape index (κ3) is 4.71. The van der Waals surface area contributed by atoms with Gasteiger partial charge in [0.15, 0.2) is 0 Å². The number of hydrogen-bond donors (Lipinski definition) is 2. The summed E-state index contributed by atoms with van der Waals surface area (Å²) in [6.45, 7) is 3.33. The Morgan fingerprint density at radius 2 is 1.62 bits per heavy atom. The van der Waals surface area contributed by atoms with E-state index in [1.54, 1.807) is 13.8 Å². The number of carboxylic acid groups (broad SMARTS) is 1. The lowest BCUT2D eigenvalue weighted by Gasteiger charge is -2.18. The molecule has 1 aromatic rings. The number of nitrogens with one attached hydrogen (secondary N) is 1. The highest BCUT2D eigenvalue weighted by Crippen LogP contribution is 2.26. The quantitative estimate of drug-likeness (QED) is 0.700. The molecule has 0 heterocycles. The molecule has 0 spiro atoms. The molecule has 7 nitrogen and oxygen atoms in total. The van der Waals surface area contributed by atoms with E-state index in [2.05, 4.69) is 0 Å². The highest BCUT2D eigenvalue weighted by molar-refractivity contribution is 7.94. The first-order valence-corrected chi connectivity index (χ1v) is 9.78. The topological polar surface area (TPSA) is 118 Å². The van der Waals surface area contributed by atoms with Crippen molar-refractivity contribution in [2.24, 2.45) is 5.92 Å². The van der Waals surface area contributed by atoms with Crippen molar-refractivity contribution in [3.8, 4) is 0 Å². The molecule has 0 radical (unpaired) electrons. The molecule has 0 fully saturated rings. The predicted octanol–water partition coefficient (Wildman–Crippen LogP) is 1.46. The standard InChI is InChI=1S/C13H17F2NO6S2/c1-8(2)7-9(12(17)18)16-24(21,22)11-6-4-3-5-10(11)23(19,20)13(14)15/h3-6,8-9,13,16H,7H2,1-2H3,(H,17,18). The van der Waals surface area contributed by atoms with Crippen LogP contribution in [-0.2, 0) is 24.7 Å². The van der Waals surface area contributed by atoms with E-state index in [1.807, 2.05) is 4.72 Å². The minimum absolute atomic E-state index is 0.0572. The van der Waals surface area contributed by atoms with Gasteiger partial charge in [-0.1, -0.05) is 26.0 Å². The van der Waals surface area contributed by atoms with Crippen molar-refractivity contribution in [1.82, 2.24) is 4.72 Å². The van der Waals surface area contributed by atoms with Crippen LogP contribution in [0.4, 0.5) is 8.78 Å². The summed E-state index contributed by atoms with van der Waals surface area (Å²) in [4.78, 5) is 9.17. The number of sulfonamides is 1. The van der Waals surface area contributed by atoms with E-state index in [4.69, 9.17) is 5.11 Å². The molecule has 0 aliphatic rings. The molecule has 0 bridgehead atoms. The van der Waals surface area contributed by atoms with E-state index in [9.17, 15) is 30.4 Å². The van der Waals surface area contributed by atoms with Crippen molar-refractivity contribution < 1.29 is 35.5 Å². The number of halogens is 2. The first-order valence-electron chi connectivity index (χ1n) is 6.75. The highest BCUT2D eigenvalue weighted by Gasteiger charge is 2.34. The van der Waals surface area contributed by atoms with E-state index in [-0.39, 0.29) is 12.3 Å². The van der Waals surface area contributed by atoms with E-state index < -0.39 is 47.4 Å². The van der Waals surface area contributed by atoms with Gasteiger partial charge in [-0.3, -0.25) is 4.79 Å². The van der Waals surface area contributed by atoms with Crippen LogP contribution < -0.4 is 4.72 Å². The number of hydrogen-bond acceptors (Lipinski definition) is 5. The summed E-state index contributed by atoms with van der Waals surface area (Å²) < 4.78 is 75.3. The Morgan fingerprint density at radius 3 is 2.04 bits per heavy atom. The zero-order valence-electron chi connectivity index (χ0n) is 12.8. The average molecular weight is 385 g/mol.